The molecule has 1 heterocycles. The van der Waals surface area contributed by atoms with Crippen LogP contribution in [0.25, 0.3) is 10.2 Å². The third-order valence-electron chi connectivity index (χ3n) is 8.39. The van der Waals surface area contributed by atoms with Crippen molar-refractivity contribution in [2.24, 2.45) is 0 Å². The first kappa shape index (κ1) is 43.9. The molecule has 0 spiro atoms. The molecular formula is C33H9BClF20NOS. The largest absolute Gasteiger partial charge is 0.278 e. The molecule has 0 saturated carbocycles. The predicted octanol–water partition coefficient (Wildman–Crippen LogP) is 7.70. The molecule has 0 aliphatic carbocycles. The zero-order valence-corrected chi connectivity index (χ0v) is 28.7. The Balaban J connectivity index is 0.000000414. The van der Waals surface area contributed by atoms with Crippen molar-refractivity contribution in [3.8, 4) is 0 Å². The molecule has 0 atom stereocenters. The predicted molar refractivity (Wildman–Crippen MR) is 163 cm³/mol. The number of hydrogen-bond donors (Lipinski definition) is 0. The molecule has 0 unspecified atom stereocenters. The number of para-hydroxylation sites is 1. The highest BCUT2D eigenvalue weighted by Crippen LogP contribution is 2.30. The number of aromatic nitrogens is 1. The second-order valence-corrected chi connectivity index (χ2v) is 12.6. The Morgan fingerprint density at radius 2 is 0.672 bits per heavy atom. The van der Waals surface area contributed by atoms with Crippen molar-refractivity contribution in [3.63, 3.8) is 0 Å². The molecule has 5 aromatic carbocycles. The molecule has 0 aliphatic heterocycles. The van der Waals surface area contributed by atoms with Crippen molar-refractivity contribution in [2.75, 3.05) is 12.5 Å². The van der Waals surface area contributed by atoms with E-state index in [1.165, 1.54) is 4.70 Å². The maximum absolute atomic E-state index is 15.4. The minimum Gasteiger partial charge on any atom is -0.269 e. The van der Waals surface area contributed by atoms with Gasteiger partial charge in [-0.15, -0.1) is 33.5 Å². The Kier molecular flexibility index (Phi) is 12.2. The highest BCUT2D eigenvalue weighted by molar-refractivity contribution is 7.20. The van der Waals surface area contributed by atoms with Crippen molar-refractivity contribution in [2.45, 2.75) is 0 Å². The highest BCUT2D eigenvalue weighted by Gasteiger charge is 2.52. The number of nitrogens with zero attached hydrogens (tertiary/aromatic N) is 1. The maximum atomic E-state index is 15.4. The van der Waals surface area contributed by atoms with Crippen molar-refractivity contribution < 1.29 is 97.4 Å². The molecule has 25 heteroatoms. The summed E-state index contributed by atoms with van der Waals surface area (Å²) in [6.07, 6.45) is -7.22. The van der Waals surface area contributed by atoms with Gasteiger partial charge in [0.25, 0.3) is 11.0 Å². The molecular weight excluding hydrogens is 885 g/mol. The topological polar surface area (TPSA) is 13.1 Å². The van der Waals surface area contributed by atoms with Crippen LogP contribution in [0.5, 0.6) is 0 Å². The quantitative estimate of drug-likeness (QED) is 0.0401. The van der Waals surface area contributed by atoms with E-state index in [4.69, 9.17) is 16.4 Å². The van der Waals surface area contributed by atoms with Crippen LogP contribution in [-0.2, 0) is 0 Å². The Hall–Kier alpha value is -5.26. The number of fused-ring (bicyclic) bond motifs is 1. The summed E-state index contributed by atoms with van der Waals surface area (Å²) in [6, 6.07) is 8.11. The summed E-state index contributed by atoms with van der Waals surface area (Å²) in [7, 11) is 0. The first-order valence-corrected chi connectivity index (χ1v) is 16.3. The smallest absolute Gasteiger partial charge is 0.269 e. The van der Waals surface area contributed by atoms with Gasteiger partial charge < -0.3 is 0 Å². The van der Waals surface area contributed by atoms with Gasteiger partial charge in [-0.1, -0.05) is 23.5 Å². The summed E-state index contributed by atoms with van der Waals surface area (Å²) in [6.45, 7) is 0.535. The van der Waals surface area contributed by atoms with Crippen molar-refractivity contribution >= 4 is 61.2 Å². The van der Waals surface area contributed by atoms with E-state index in [1.807, 2.05) is 23.7 Å². The Labute approximate surface area is 316 Å². The number of alkyl halides is 1. The van der Waals surface area contributed by atoms with E-state index in [-0.39, 0.29) is 0 Å². The van der Waals surface area contributed by atoms with E-state index in [0.717, 1.165) is 5.52 Å². The summed E-state index contributed by atoms with van der Waals surface area (Å²) < 4.78 is 297. The summed E-state index contributed by atoms with van der Waals surface area (Å²) in [5, 5.41) is 0. The molecule has 6 aromatic rings. The van der Waals surface area contributed by atoms with Crippen molar-refractivity contribution in [1.82, 2.24) is 0 Å². The summed E-state index contributed by atoms with van der Waals surface area (Å²) in [5.41, 5.74) is -11.3. The molecule has 0 bridgehead atoms. The third kappa shape index (κ3) is 6.52. The molecule has 0 amide bonds. The van der Waals surface area contributed by atoms with Gasteiger partial charge in [0.2, 0.25) is 0 Å². The van der Waals surface area contributed by atoms with E-state index in [1.54, 1.807) is 16.1 Å². The Bertz CT molecular complexity index is 2260. The zero-order chi connectivity index (χ0) is 43.5. The number of halogens is 21. The first-order valence-electron chi connectivity index (χ1n) is 14.9. The maximum Gasteiger partial charge on any atom is 0.278 e. The SMILES string of the molecule is ClCCO[n+]1csc2ccccc21.Fc1c(F)c(F)c([B-](c2c(F)c(F)c(F)c(F)c2F)(c2c(F)c(F)c(F)c(F)c2F)c2c(F)c(F)c(F)c(F)c2F)c(F)c1F. The molecule has 0 N–H and O–H groups in total. The van der Waals surface area contributed by atoms with Gasteiger partial charge in [0, 0.05) is 10.8 Å². The van der Waals surface area contributed by atoms with E-state index >= 15 is 35.1 Å². The Morgan fingerprint density at radius 3 is 0.948 bits per heavy atom. The number of benzene rings is 5. The molecule has 1 aromatic heterocycles. The van der Waals surface area contributed by atoms with Crippen LogP contribution in [0.3, 0.4) is 0 Å². The lowest BCUT2D eigenvalue weighted by atomic mass is 9.12. The van der Waals surface area contributed by atoms with Gasteiger partial charge in [-0.25, -0.2) is 87.8 Å². The van der Waals surface area contributed by atoms with Crippen LogP contribution in [0.4, 0.5) is 87.8 Å². The van der Waals surface area contributed by atoms with Crippen LogP contribution < -0.4 is 31.4 Å². The van der Waals surface area contributed by atoms with E-state index in [2.05, 4.69) is 6.07 Å². The highest BCUT2D eigenvalue weighted by atomic mass is 35.5. The summed E-state index contributed by atoms with van der Waals surface area (Å²) in [5.74, 6) is -70.9. The summed E-state index contributed by atoms with van der Waals surface area (Å²) in [4.78, 5) is 5.40. The van der Waals surface area contributed by atoms with Gasteiger partial charge in [0.05, 0.1) is 5.88 Å². The van der Waals surface area contributed by atoms with Crippen LogP contribution in [0.15, 0.2) is 29.8 Å². The van der Waals surface area contributed by atoms with E-state index in [0.29, 0.717) is 12.5 Å². The molecule has 0 saturated heterocycles. The van der Waals surface area contributed by atoms with Crippen LogP contribution in [-0.4, -0.2) is 18.6 Å². The Morgan fingerprint density at radius 1 is 0.414 bits per heavy atom. The van der Waals surface area contributed by atoms with Crippen LogP contribution in [0.1, 0.15) is 0 Å². The average Bonchev–Trinajstić information content (AvgIpc) is 3.63. The van der Waals surface area contributed by atoms with Crippen LogP contribution in [0.2, 0.25) is 0 Å². The second kappa shape index (κ2) is 16.2. The van der Waals surface area contributed by atoms with Gasteiger partial charge in [0.1, 0.15) is 57.4 Å². The van der Waals surface area contributed by atoms with E-state index in [9.17, 15) is 52.7 Å². The van der Waals surface area contributed by atoms with Crippen LogP contribution in [0, 0.1) is 116 Å². The molecule has 58 heavy (non-hydrogen) atoms. The molecule has 6 rings (SSSR count). The lowest BCUT2D eigenvalue weighted by Crippen LogP contribution is -2.81. The number of rotatable bonds is 7. The lowest BCUT2D eigenvalue weighted by molar-refractivity contribution is -0.867. The zero-order valence-electron chi connectivity index (χ0n) is 27.1. The fourth-order valence-corrected chi connectivity index (χ4v) is 6.90. The number of hydrogen-bond acceptors (Lipinski definition) is 2. The molecule has 0 fully saturated rings. The second-order valence-electron chi connectivity index (χ2n) is 11.3. The minimum absolute atomic E-state index is 0.511. The van der Waals surface area contributed by atoms with Gasteiger partial charge in [-0.3, -0.25) is 4.84 Å². The van der Waals surface area contributed by atoms with Crippen molar-refractivity contribution in [1.29, 1.82) is 0 Å². The number of thiazole rings is 1. The molecule has 0 radical (unpaired) electrons. The third-order valence-corrected chi connectivity index (χ3v) is 9.44. The molecule has 0 aliphatic rings. The fourth-order valence-electron chi connectivity index (χ4n) is 6.01. The fraction of sp³-hybridized carbons (Fsp3) is 0.0606. The normalized spacial score (nSPS) is 11.7. The standard InChI is InChI=1S/C24BF20.C9H9ClNOS/c26-5-1(6(27)14(35)21(42)13(5)34)25(2-7(28)15(36)22(43)16(37)8(2)29,3-9(30)17(38)23(44)18(39)10(3)31)4-11(32)19(40)24(45)20(41)12(4)33;10-5-6-12-11-7-13-9-4-2-1-3-8(9)11/h;1-4,7H,5-6H2/q-1;+1. The van der Waals surface area contributed by atoms with E-state index < -0.39 is 144 Å². The average molecular weight is 894 g/mol. The van der Waals surface area contributed by atoms with Gasteiger partial charge in [-0.2, -0.15) is 0 Å². The van der Waals surface area contributed by atoms with Crippen LogP contribution >= 0.6 is 22.9 Å². The monoisotopic (exact) mass is 893 g/mol. The lowest BCUT2D eigenvalue weighted by Gasteiger charge is -2.44. The molecule has 308 valence electrons. The van der Waals surface area contributed by atoms with Gasteiger partial charge in [0.15, 0.2) is 76.4 Å². The first-order chi connectivity index (χ1) is 27.1. The summed E-state index contributed by atoms with van der Waals surface area (Å²) >= 11 is 7.19. The van der Waals surface area contributed by atoms with Crippen molar-refractivity contribution in [3.05, 3.63) is 146 Å². The molecule has 2 nitrogen and oxygen atoms in total. The van der Waals surface area contributed by atoms with Gasteiger partial charge in [-0.05, 0) is 6.07 Å². The van der Waals surface area contributed by atoms with Gasteiger partial charge >= 0.3 is 0 Å². The minimum atomic E-state index is -7.22.